The minimum atomic E-state index is 0. The Morgan fingerprint density at radius 1 is 1.25 bits per heavy atom. The monoisotopic (exact) mass is 64.0 g/mol. The third kappa shape index (κ3) is 114. The van der Waals surface area contributed by atoms with Crippen LogP contribution < -0.4 is 0 Å². The van der Waals surface area contributed by atoms with E-state index in [4.69, 9.17) is 4.46 Å². The Labute approximate surface area is 27.4 Å². The molecule has 4 heteroatoms. The van der Waals surface area contributed by atoms with Gasteiger partial charge in [0.25, 0.3) is 0 Å². The van der Waals surface area contributed by atoms with Crippen molar-refractivity contribution in [3.63, 3.8) is 0 Å². The van der Waals surface area contributed by atoms with Gasteiger partial charge in [-0.15, -0.1) is 0 Å². The maximum absolute atomic E-state index is 8.06. The van der Waals surface area contributed by atoms with Crippen LogP contribution in [0, 0.1) is 6.15 Å². The summed E-state index contributed by atoms with van der Waals surface area (Å²) < 4.78 is 8.06. The van der Waals surface area contributed by atoms with Crippen molar-refractivity contribution in [2.75, 3.05) is 0 Å². The molecule has 0 bridgehead atoms. The van der Waals surface area contributed by atoms with Gasteiger partial charge in [0.05, 0.1) is 0 Å². The average Bonchev–Trinajstić information content (AvgIpc) is 1.00. The van der Waals surface area contributed by atoms with E-state index in [1.54, 1.807) is 10.1 Å². The van der Waals surface area contributed by atoms with E-state index in [1.165, 1.54) is 0 Å². The molecule has 0 heterocycles. The molecule has 0 fully saturated rings. The minimum absolute atomic E-state index is 0. The molecule has 0 N–H and O–H groups in total. The van der Waals surface area contributed by atoms with Gasteiger partial charge in [-0.3, -0.25) is 0 Å². The van der Waals surface area contributed by atoms with E-state index in [-0.39, 0.29) is 11.6 Å². The zero-order valence-corrected chi connectivity index (χ0v) is 3.02. The SMILES string of the molecule is O=[Si+2].[He].[O-2]. The predicted molar refractivity (Wildman–Crippen MR) is 7.13 cm³/mol. The normalized spacial score (nSPS) is 1.50. The summed E-state index contributed by atoms with van der Waals surface area (Å²) in [6.07, 6.45) is 0. The molecule has 0 saturated heterocycles. The van der Waals surface area contributed by atoms with Crippen molar-refractivity contribution in [2.24, 2.45) is 0 Å². The van der Waals surface area contributed by atoms with Gasteiger partial charge in [-0.1, -0.05) is 0 Å². The predicted octanol–water partition coefficient (Wildman–Crippen LogP) is -0.618. The van der Waals surface area contributed by atoms with Gasteiger partial charge in [0.15, 0.2) is 0 Å². The Morgan fingerprint density at radius 3 is 1.25 bits per heavy atom. The molecule has 0 aromatic rings. The first-order valence-corrected chi connectivity index (χ1v) is 0.612. The van der Waals surface area contributed by atoms with Gasteiger partial charge in [0.2, 0.25) is 0 Å². The fourth-order valence-corrected chi connectivity index (χ4v) is 0. The molecular weight excluding hydrogens is 64.1 g/mol. The van der Waals surface area contributed by atoms with Gasteiger partial charge in [0.1, 0.15) is 0 Å². The van der Waals surface area contributed by atoms with Crippen molar-refractivity contribution in [3.8, 4) is 0 Å². The van der Waals surface area contributed by atoms with Gasteiger partial charge in [-0.05, 0) is 0 Å². The number of rotatable bonds is 0. The molecule has 0 aromatic carbocycles. The van der Waals surface area contributed by atoms with Crippen molar-refractivity contribution in [3.05, 3.63) is 0 Å². The van der Waals surface area contributed by atoms with Crippen LogP contribution in [-0.4, -0.2) is 10.1 Å². The standard InChI is InChI=1S/He.OSi.O/c;1-2;/q;+2;-2. The topological polar surface area (TPSA) is 45.6 Å². The van der Waals surface area contributed by atoms with Crippen LogP contribution in [0.3, 0.4) is 0 Å². The zero-order chi connectivity index (χ0) is 2.00. The van der Waals surface area contributed by atoms with Crippen molar-refractivity contribution in [1.29, 1.82) is 0 Å². The number of hydrogen-bond acceptors (Lipinski definition) is 1. The van der Waals surface area contributed by atoms with Crippen molar-refractivity contribution >= 4 is 10.1 Å². The Balaban J connectivity index is -0.00000000500. The second-order valence-electron chi connectivity index (χ2n) is 0. The maximum atomic E-state index is 8.06. The molecule has 0 spiro atoms. The van der Waals surface area contributed by atoms with Crippen molar-refractivity contribution < 1.29 is 16.1 Å². The van der Waals surface area contributed by atoms with E-state index in [0.29, 0.717) is 0 Å². The number of hydrogen-bond donors (Lipinski definition) is 0. The van der Waals surface area contributed by atoms with E-state index in [1.807, 2.05) is 0 Å². The van der Waals surface area contributed by atoms with Gasteiger partial charge in [-0.2, -0.15) is 0 Å². The summed E-state index contributed by atoms with van der Waals surface area (Å²) in [5, 5.41) is 0. The molecule has 0 aliphatic rings. The summed E-state index contributed by atoms with van der Waals surface area (Å²) in [6.45, 7) is 0. The first-order valence-electron chi connectivity index (χ1n) is 0.204. The van der Waals surface area contributed by atoms with Gasteiger partial charge < -0.3 is 5.48 Å². The summed E-state index contributed by atoms with van der Waals surface area (Å²) in [5.41, 5.74) is 0. The quantitative estimate of drug-likeness (QED) is 0.346. The second kappa shape index (κ2) is 790. The van der Waals surface area contributed by atoms with Crippen LogP contribution in [0.25, 0.3) is 0 Å². The summed E-state index contributed by atoms with van der Waals surface area (Å²) in [5.74, 6) is 0. The van der Waals surface area contributed by atoms with Crippen LogP contribution in [0.1, 0.15) is 0 Å². The molecule has 18 valence electrons. The molecular formula is HeO2Si. The van der Waals surface area contributed by atoms with E-state index in [0.717, 1.165) is 0 Å². The average molecular weight is 64.1 g/mol. The largest absolute Gasteiger partial charge is 2.00 e. The fraction of sp³-hybridized carbons (Fsp3) is 0. The summed E-state index contributed by atoms with van der Waals surface area (Å²) in [7, 11) is 1.72. The Bertz CT molecular complexity index is 6.00. The first kappa shape index (κ1) is 41.2. The van der Waals surface area contributed by atoms with Crippen LogP contribution >= 0.6 is 0 Å². The Hall–Kier alpha value is -0.114. The van der Waals surface area contributed by atoms with Gasteiger partial charge in [0, 0.05) is 6.15 Å². The smallest absolute Gasteiger partial charge is 0 e. The van der Waals surface area contributed by atoms with E-state index >= 15 is 0 Å². The van der Waals surface area contributed by atoms with Crippen LogP contribution in [0.4, 0.5) is 0 Å². The third-order valence-corrected chi connectivity index (χ3v) is 0. The van der Waals surface area contributed by atoms with Crippen LogP contribution in [0.15, 0.2) is 0 Å². The molecule has 0 atom stereocenters. The molecule has 4 heavy (non-hydrogen) atoms. The summed E-state index contributed by atoms with van der Waals surface area (Å²) in [4.78, 5) is 0. The van der Waals surface area contributed by atoms with Gasteiger partial charge in [-0.25, -0.2) is 0 Å². The van der Waals surface area contributed by atoms with E-state index in [9.17, 15) is 0 Å². The van der Waals surface area contributed by atoms with Crippen LogP contribution in [0.2, 0.25) is 0 Å². The molecule has 0 amide bonds. The minimum Gasteiger partial charge on any atom is -2.00 e. The van der Waals surface area contributed by atoms with Crippen molar-refractivity contribution in [2.45, 2.75) is 0 Å². The summed E-state index contributed by atoms with van der Waals surface area (Å²) in [6, 6.07) is 0. The van der Waals surface area contributed by atoms with E-state index in [2.05, 4.69) is 0 Å². The third-order valence-electron chi connectivity index (χ3n) is 0. The molecule has 0 saturated carbocycles. The van der Waals surface area contributed by atoms with Crippen LogP contribution in [-0.2, 0) is 9.94 Å². The molecule has 0 unspecified atom stereocenters. The van der Waals surface area contributed by atoms with Crippen LogP contribution in [0.5, 0.6) is 0 Å². The molecule has 0 rings (SSSR count). The molecule has 0 aliphatic heterocycles. The van der Waals surface area contributed by atoms with Gasteiger partial charge >= 0.3 is 14.6 Å². The Morgan fingerprint density at radius 2 is 1.25 bits per heavy atom. The van der Waals surface area contributed by atoms with E-state index < -0.39 is 0 Å². The molecule has 0 aromatic heterocycles. The molecule has 0 aliphatic carbocycles. The zero-order valence-electron chi connectivity index (χ0n) is 2.02. The van der Waals surface area contributed by atoms with Crippen molar-refractivity contribution in [1.82, 2.24) is 0 Å². The first-order chi connectivity index (χ1) is 1.00. The summed E-state index contributed by atoms with van der Waals surface area (Å²) >= 11 is 0. The maximum Gasteiger partial charge on any atom is 0 e. The fourth-order valence-electron chi connectivity index (χ4n) is 0. The Kier molecular flexibility index (Phi) is 8140. The second-order valence-corrected chi connectivity index (χ2v) is 0. The molecule has 0 radical (unpaired) electrons. The molecule has 2 nitrogen and oxygen atoms in total.